The smallest absolute Gasteiger partial charge is 0.237 e. The molecule has 0 radical (unpaired) electrons. The van der Waals surface area contributed by atoms with Crippen molar-refractivity contribution in [1.29, 1.82) is 0 Å². The molecule has 0 spiro atoms. The van der Waals surface area contributed by atoms with E-state index in [1.807, 2.05) is 13.8 Å². The summed E-state index contributed by atoms with van der Waals surface area (Å²) in [5, 5.41) is 12.8. The first-order valence-electron chi connectivity index (χ1n) is 6.57. The van der Waals surface area contributed by atoms with Crippen LogP contribution in [0.1, 0.15) is 37.6 Å². The van der Waals surface area contributed by atoms with E-state index in [-0.39, 0.29) is 5.91 Å². The number of carbonyl (C=O) groups excluding carboxylic acids is 1. The van der Waals surface area contributed by atoms with E-state index in [2.05, 4.69) is 15.5 Å². The molecule has 0 bridgehead atoms. The van der Waals surface area contributed by atoms with Crippen LogP contribution < -0.4 is 11.1 Å². The van der Waals surface area contributed by atoms with Crippen LogP contribution in [0.3, 0.4) is 0 Å². The topological polar surface area (TPSA) is 80.9 Å². The third-order valence-corrected chi connectivity index (χ3v) is 5.66. The first-order valence-corrected chi connectivity index (χ1v) is 8.27. The van der Waals surface area contributed by atoms with Gasteiger partial charge in [0.2, 0.25) is 5.91 Å². The van der Waals surface area contributed by atoms with Crippen molar-refractivity contribution in [3.05, 3.63) is 5.01 Å². The molecule has 106 valence electrons. The molecule has 1 aliphatic rings. The lowest BCUT2D eigenvalue weighted by atomic mass is 9.80. The number of thioether (sulfide) groups is 1. The van der Waals surface area contributed by atoms with Crippen molar-refractivity contribution >= 4 is 29.0 Å². The number of nitrogens with zero attached hydrogens (tertiary/aromatic N) is 2. The first-order chi connectivity index (χ1) is 9.05. The number of carbonyl (C=O) groups is 1. The number of nitrogens with two attached hydrogens (primary N) is 1. The van der Waals surface area contributed by atoms with Gasteiger partial charge in [0, 0.05) is 5.25 Å². The summed E-state index contributed by atoms with van der Waals surface area (Å²) in [6.45, 7) is 4.72. The van der Waals surface area contributed by atoms with Gasteiger partial charge in [-0.05, 0) is 39.2 Å². The molecule has 5 nitrogen and oxygen atoms in total. The van der Waals surface area contributed by atoms with Gasteiger partial charge in [-0.3, -0.25) is 4.79 Å². The highest BCUT2D eigenvalue weighted by atomic mass is 32.2. The normalized spacial score (nSPS) is 27.4. The van der Waals surface area contributed by atoms with Crippen molar-refractivity contribution in [1.82, 2.24) is 15.5 Å². The van der Waals surface area contributed by atoms with Crippen LogP contribution >= 0.6 is 23.1 Å². The quantitative estimate of drug-likeness (QED) is 0.865. The Morgan fingerprint density at radius 2 is 2.42 bits per heavy atom. The molecule has 1 aromatic heterocycles. The summed E-state index contributed by atoms with van der Waals surface area (Å²) in [5.74, 6) is -0.229. The molecular formula is C12H20N4OS2. The second-order valence-electron chi connectivity index (χ2n) is 4.90. The van der Waals surface area contributed by atoms with E-state index in [4.69, 9.17) is 5.73 Å². The minimum absolute atomic E-state index is 0.229. The zero-order valence-corrected chi connectivity index (χ0v) is 12.9. The minimum Gasteiger partial charge on any atom is -0.368 e. The fourth-order valence-corrected chi connectivity index (χ4v) is 5.01. The van der Waals surface area contributed by atoms with Crippen LogP contribution in [0, 0.1) is 6.92 Å². The number of aromatic nitrogens is 2. The Morgan fingerprint density at radius 3 is 3.00 bits per heavy atom. The first kappa shape index (κ1) is 14.7. The highest BCUT2D eigenvalue weighted by Gasteiger charge is 2.41. The molecule has 7 heteroatoms. The molecule has 2 rings (SSSR count). The minimum atomic E-state index is -0.537. The molecule has 0 aromatic carbocycles. The van der Waals surface area contributed by atoms with E-state index < -0.39 is 5.54 Å². The van der Waals surface area contributed by atoms with Crippen molar-refractivity contribution in [3.8, 4) is 0 Å². The largest absolute Gasteiger partial charge is 0.368 e. The fraction of sp³-hybridized carbons (Fsp3) is 0.750. The summed E-state index contributed by atoms with van der Waals surface area (Å²) in [5.41, 5.74) is 5.07. The molecule has 0 saturated heterocycles. The molecule has 1 amide bonds. The standard InChI is InChI=1S/C12H20N4OS2/c1-3-14-12(10(13)17)6-4-5-9(7-12)19-11-16-15-8(2)18-11/h9,14H,3-7H2,1-2H3,(H2,13,17). The molecule has 0 aliphatic heterocycles. The number of rotatable bonds is 5. The number of primary amides is 1. The summed E-state index contributed by atoms with van der Waals surface area (Å²) in [6, 6.07) is 0. The van der Waals surface area contributed by atoms with Crippen molar-refractivity contribution < 1.29 is 4.79 Å². The van der Waals surface area contributed by atoms with E-state index in [9.17, 15) is 4.79 Å². The number of hydrogen-bond acceptors (Lipinski definition) is 6. The van der Waals surface area contributed by atoms with Gasteiger partial charge in [0.05, 0.1) is 5.54 Å². The average molecular weight is 300 g/mol. The van der Waals surface area contributed by atoms with Crippen molar-refractivity contribution in [2.45, 2.75) is 54.7 Å². The Hall–Kier alpha value is -0.660. The number of likely N-dealkylation sites (N-methyl/N-ethyl adjacent to an activating group) is 1. The maximum atomic E-state index is 11.8. The van der Waals surface area contributed by atoms with E-state index >= 15 is 0 Å². The predicted molar refractivity (Wildman–Crippen MR) is 78.4 cm³/mol. The summed E-state index contributed by atoms with van der Waals surface area (Å²) < 4.78 is 0.985. The summed E-state index contributed by atoms with van der Waals surface area (Å²) in [4.78, 5) is 11.8. The van der Waals surface area contributed by atoms with Gasteiger partial charge in [-0.1, -0.05) is 30.0 Å². The molecule has 1 aromatic rings. The zero-order valence-electron chi connectivity index (χ0n) is 11.3. The second kappa shape index (κ2) is 6.19. The molecule has 1 fully saturated rings. The monoisotopic (exact) mass is 300 g/mol. The lowest BCUT2D eigenvalue weighted by Crippen LogP contribution is -2.58. The Labute approximate surface area is 121 Å². The van der Waals surface area contributed by atoms with Gasteiger partial charge in [0.1, 0.15) is 5.01 Å². The molecule has 2 unspecified atom stereocenters. The van der Waals surface area contributed by atoms with Gasteiger partial charge in [-0.2, -0.15) is 0 Å². The molecule has 19 heavy (non-hydrogen) atoms. The summed E-state index contributed by atoms with van der Waals surface area (Å²) >= 11 is 3.34. The maximum Gasteiger partial charge on any atom is 0.237 e. The van der Waals surface area contributed by atoms with Crippen LogP contribution in [0.4, 0.5) is 0 Å². The van der Waals surface area contributed by atoms with E-state index in [1.165, 1.54) is 0 Å². The van der Waals surface area contributed by atoms with E-state index in [1.54, 1.807) is 23.1 Å². The molecule has 1 heterocycles. The SMILES string of the molecule is CCNC1(C(N)=O)CCCC(Sc2nnc(C)s2)C1. The van der Waals surface area contributed by atoms with Crippen molar-refractivity contribution in [3.63, 3.8) is 0 Å². The molecule has 3 N–H and O–H groups in total. The summed E-state index contributed by atoms with van der Waals surface area (Å²) in [7, 11) is 0. The molecule has 1 aliphatic carbocycles. The Bertz CT molecular complexity index is 447. The predicted octanol–water partition coefficient (Wildman–Crippen LogP) is 1.71. The fourth-order valence-electron chi connectivity index (χ4n) is 2.60. The number of aryl methyl sites for hydroxylation is 1. The lowest BCUT2D eigenvalue weighted by Gasteiger charge is -2.38. The molecule has 2 atom stereocenters. The van der Waals surface area contributed by atoms with Crippen LogP contribution in [0.2, 0.25) is 0 Å². The van der Waals surface area contributed by atoms with Gasteiger partial charge in [0.15, 0.2) is 4.34 Å². The van der Waals surface area contributed by atoms with Gasteiger partial charge < -0.3 is 11.1 Å². The Balaban J connectivity index is 2.05. The number of hydrogen-bond donors (Lipinski definition) is 2. The number of amides is 1. The van der Waals surface area contributed by atoms with Crippen LogP contribution in [-0.4, -0.2) is 33.4 Å². The lowest BCUT2D eigenvalue weighted by molar-refractivity contribution is -0.125. The van der Waals surface area contributed by atoms with Gasteiger partial charge in [-0.15, -0.1) is 10.2 Å². The highest BCUT2D eigenvalue weighted by molar-refractivity contribution is 8.01. The van der Waals surface area contributed by atoms with Crippen LogP contribution in [-0.2, 0) is 4.79 Å². The Morgan fingerprint density at radius 1 is 1.63 bits per heavy atom. The van der Waals surface area contributed by atoms with Crippen molar-refractivity contribution in [2.75, 3.05) is 6.54 Å². The van der Waals surface area contributed by atoms with Gasteiger partial charge in [-0.25, -0.2) is 0 Å². The van der Waals surface area contributed by atoms with Crippen molar-refractivity contribution in [2.24, 2.45) is 5.73 Å². The third kappa shape index (κ3) is 3.46. The van der Waals surface area contributed by atoms with Crippen LogP contribution in [0.15, 0.2) is 4.34 Å². The zero-order chi connectivity index (χ0) is 13.9. The van der Waals surface area contributed by atoms with Gasteiger partial charge >= 0.3 is 0 Å². The second-order valence-corrected chi connectivity index (χ2v) is 7.63. The molecular weight excluding hydrogens is 280 g/mol. The van der Waals surface area contributed by atoms with Gasteiger partial charge in [0.25, 0.3) is 0 Å². The van der Waals surface area contributed by atoms with Crippen LogP contribution in [0.25, 0.3) is 0 Å². The number of nitrogens with one attached hydrogen (secondary N) is 1. The van der Waals surface area contributed by atoms with Crippen LogP contribution in [0.5, 0.6) is 0 Å². The average Bonchev–Trinajstić information content (AvgIpc) is 2.75. The maximum absolute atomic E-state index is 11.8. The highest BCUT2D eigenvalue weighted by Crippen LogP contribution is 2.39. The molecule has 1 saturated carbocycles. The van der Waals surface area contributed by atoms with E-state index in [0.29, 0.717) is 5.25 Å². The summed E-state index contributed by atoms with van der Waals surface area (Å²) in [6.07, 6.45) is 3.73. The van der Waals surface area contributed by atoms with E-state index in [0.717, 1.165) is 41.6 Å². The third-order valence-electron chi connectivity index (χ3n) is 3.47. The Kier molecular flexibility index (Phi) is 4.81.